The maximum Gasteiger partial charge on any atom is 0.140 e. The lowest BCUT2D eigenvalue weighted by Crippen LogP contribution is -3.00. The molecule has 0 aromatic carbocycles. The molecule has 0 radical (unpaired) electrons. The minimum atomic E-state index is -0.359. The first-order chi connectivity index (χ1) is 8.83. The summed E-state index contributed by atoms with van der Waals surface area (Å²) in [6, 6.07) is 0. The third-order valence-corrected chi connectivity index (χ3v) is 7.20. The summed E-state index contributed by atoms with van der Waals surface area (Å²) in [4.78, 5) is 0. The Balaban J connectivity index is 0.00000361. The Labute approximate surface area is 156 Å². The quantitative estimate of drug-likeness (QED) is 0.248. The van der Waals surface area contributed by atoms with Crippen LogP contribution in [0.5, 0.6) is 0 Å². The van der Waals surface area contributed by atoms with E-state index in [0.29, 0.717) is 16.6 Å². The van der Waals surface area contributed by atoms with E-state index in [9.17, 15) is 0 Å². The molecule has 1 aliphatic carbocycles. The summed E-state index contributed by atoms with van der Waals surface area (Å²) in [5.41, 5.74) is 0. The molecule has 114 valence electrons. The van der Waals surface area contributed by atoms with Gasteiger partial charge in [-0.05, 0) is 31.9 Å². The number of allylic oxidation sites excluding steroid dienone is 3. The van der Waals surface area contributed by atoms with Crippen LogP contribution >= 0.6 is 57.4 Å². The van der Waals surface area contributed by atoms with Crippen LogP contribution in [0.25, 0.3) is 0 Å². The van der Waals surface area contributed by atoms with Gasteiger partial charge in [0.25, 0.3) is 0 Å². The van der Waals surface area contributed by atoms with Crippen LogP contribution in [-0.2, 0) is 0 Å². The molecule has 0 aromatic rings. The molecule has 0 aromatic heterocycles. The van der Waals surface area contributed by atoms with Crippen LogP contribution in [0.4, 0.5) is 0 Å². The van der Waals surface area contributed by atoms with Crippen molar-refractivity contribution in [2.75, 3.05) is 26.2 Å². The van der Waals surface area contributed by atoms with Gasteiger partial charge in [0.2, 0.25) is 0 Å². The van der Waals surface area contributed by atoms with E-state index in [2.05, 4.69) is 42.4 Å². The van der Waals surface area contributed by atoms with Gasteiger partial charge in [-0.2, -0.15) is 0 Å². The molecule has 0 N–H and O–H groups in total. The molecule has 0 saturated heterocycles. The van der Waals surface area contributed by atoms with Gasteiger partial charge < -0.3 is 16.9 Å². The zero-order valence-electron chi connectivity index (χ0n) is 11.5. The van der Waals surface area contributed by atoms with Crippen LogP contribution in [-0.4, -0.2) is 39.5 Å². The summed E-state index contributed by atoms with van der Waals surface area (Å²) >= 11 is 21.2. The number of quaternary nitrogens is 1. The molecular formula is C14H18Cl4IN. The van der Waals surface area contributed by atoms with Gasteiger partial charge in [-0.3, -0.25) is 0 Å². The second kappa shape index (κ2) is 8.50. The summed E-state index contributed by atoms with van der Waals surface area (Å²) < 4.78 is 0.445. The summed E-state index contributed by atoms with van der Waals surface area (Å²) in [6.07, 6.45) is 9.15. The number of terminal acetylenes is 1. The summed E-state index contributed by atoms with van der Waals surface area (Å²) in [7, 11) is 0. The van der Waals surface area contributed by atoms with E-state index in [1.54, 1.807) is 6.08 Å². The Kier molecular flexibility index (Phi) is 8.88. The Hall–Kier alpha value is 0.890. The highest BCUT2D eigenvalue weighted by Gasteiger charge is 2.46. The van der Waals surface area contributed by atoms with Crippen molar-refractivity contribution in [2.45, 2.75) is 22.6 Å². The molecule has 0 heterocycles. The highest BCUT2D eigenvalue weighted by Crippen LogP contribution is 2.44. The molecule has 1 rings (SSSR count). The third-order valence-electron chi connectivity index (χ3n) is 3.74. The predicted molar refractivity (Wildman–Crippen MR) is 94.2 cm³/mol. The number of hydrogen-bond acceptors (Lipinski definition) is 0. The van der Waals surface area contributed by atoms with Crippen LogP contribution in [0.15, 0.2) is 22.2 Å². The Bertz CT molecular complexity index is 437. The van der Waals surface area contributed by atoms with Crippen LogP contribution < -0.4 is 12.4 Å². The van der Waals surface area contributed by atoms with Crippen molar-refractivity contribution in [1.82, 2.24) is 0 Å². The number of halogens is 5. The fourth-order valence-electron chi connectivity index (χ4n) is 2.26. The maximum atomic E-state index is 6.48. The van der Waals surface area contributed by atoms with E-state index in [1.165, 1.54) is 0 Å². The van der Waals surface area contributed by atoms with Gasteiger partial charge >= 0.3 is 0 Å². The Morgan fingerprint density at radius 3 is 2.35 bits per heavy atom. The second-order valence-electron chi connectivity index (χ2n) is 4.80. The van der Waals surface area contributed by atoms with Crippen molar-refractivity contribution in [3.05, 3.63) is 22.2 Å². The monoisotopic (exact) mass is 467 g/mol. The zero-order valence-corrected chi connectivity index (χ0v) is 16.7. The van der Waals surface area contributed by atoms with E-state index >= 15 is 0 Å². The van der Waals surface area contributed by atoms with Crippen molar-refractivity contribution in [1.29, 1.82) is 0 Å². The minimum absolute atomic E-state index is 0. The third kappa shape index (κ3) is 4.44. The molecule has 6 heteroatoms. The van der Waals surface area contributed by atoms with E-state index in [1.807, 2.05) is 6.08 Å². The van der Waals surface area contributed by atoms with Crippen LogP contribution in [0.3, 0.4) is 0 Å². The molecule has 0 aliphatic heterocycles. The molecule has 1 nitrogen and oxygen atoms in total. The minimum Gasteiger partial charge on any atom is -1.00 e. The molecular weight excluding hydrogens is 451 g/mol. The van der Waals surface area contributed by atoms with Crippen LogP contribution in [0, 0.1) is 12.3 Å². The molecule has 2 atom stereocenters. The topological polar surface area (TPSA) is 0 Å². The highest BCUT2D eigenvalue weighted by molar-refractivity contribution is 14.1. The molecule has 20 heavy (non-hydrogen) atoms. The average Bonchev–Trinajstić information content (AvgIpc) is 2.36. The Morgan fingerprint density at radius 2 is 1.95 bits per heavy atom. The molecule has 0 spiro atoms. The second-order valence-corrected chi connectivity index (χ2v) is 8.04. The lowest BCUT2D eigenvalue weighted by Gasteiger charge is -2.43. The smallest absolute Gasteiger partial charge is 0.140 e. The number of nitrogens with zero attached hydrogens (tertiary/aromatic N) is 1. The van der Waals surface area contributed by atoms with Crippen molar-refractivity contribution >= 4 is 57.4 Å². The largest absolute Gasteiger partial charge is 1.00 e. The van der Waals surface area contributed by atoms with E-state index in [4.69, 9.17) is 41.2 Å². The van der Waals surface area contributed by atoms with Gasteiger partial charge in [0.15, 0.2) is 0 Å². The van der Waals surface area contributed by atoms with E-state index in [0.717, 1.165) is 24.1 Å². The van der Waals surface area contributed by atoms with Crippen LogP contribution in [0.2, 0.25) is 0 Å². The first-order valence-electron chi connectivity index (χ1n) is 6.20. The fourth-order valence-corrected chi connectivity index (χ4v) is 4.35. The van der Waals surface area contributed by atoms with Gasteiger partial charge in [0, 0.05) is 10.1 Å². The van der Waals surface area contributed by atoms with Crippen molar-refractivity contribution in [3.8, 4) is 12.3 Å². The summed E-state index contributed by atoms with van der Waals surface area (Å²) in [5, 5.41) is 1.06. The van der Waals surface area contributed by atoms with E-state index < -0.39 is 0 Å². The Morgan fingerprint density at radius 1 is 1.40 bits per heavy atom. The van der Waals surface area contributed by atoms with Gasteiger partial charge in [-0.1, -0.05) is 45.8 Å². The highest BCUT2D eigenvalue weighted by atomic mass is 127. The lowest BCUT2D eigenvalue weighted by atomic mass is 9.97. The average molecular weight is 469 g/mol. The first-order valence-corrected chi connectivity index (χ1v) is 8.47. The summed E-state index contributed by atoms with van der Waals surface area (Å²) in [6.45, 7) is 7.69. The standard InChI is InChI=1S/C14H18Cl3IN.ClH/c1-4-7-19(5-2,6-3)10-14(18)12(16)8-11(15)9-13(14)17;/h1,8-9,12H,5-7,10H2,2-3H3;1H/q+1;/p-1. The number of rotatable bonds is 5. The lowest BCUT2D eigenvalue weighted by molar-refractivity contribution is -0.918. The van der Waals surface area contributed by atoms with Gasteiger partial charge in [-0.15, -0.1) is 18.0 Å². The van der Waals surface area contributed by atoms with Crippen molar-refractivity contribution < 1.29 is 16.9 Å². The molecule has 2 unspecified atom stereocenters. The van der Waals surface area contributed by atoms with Crippen molar-refractivity contribution in [2.24, 2.45) is 0 Å². The zero-order chi connectivity index (χ0) is 14.7. The SMILES string of the molecule is C#CC[N+](CC)(CC)CC1(I)C(Cl)=CC(Cl)=CC1Cl.[Cl-]. The number of hydrogen-bond donors (Lipinski definition) is 0. The maximum absolute atomic E-state index is 6.48. The first kappa shape index (κ1) is 20.9. The fraction of sp³-hybridized carbons (Fsp3) is 0.571. The normalized spacial score (nSPS) is 26.1. The van der Waals surface area contributed by atoms with Gasteiger partial charge in [0.05, 0.1) is 18.5 Å². The predicted octanol–water partition coefficient (Wildman–Crippen LogP) is 1.52. The van der Waals surface area contributed by atoms with Crippen LogP contribution in [0.1, 0.15) is 13.8 Å². The summed E-state index contributed by atoms with van der Waals surface area (Å²) in [5.74, 6) is 2.78. The molecule has 1 aliphatic rings. The van der Waals surface area contributed by atoms with Gasteiger partial charge in [-0.25, -0.2) is 0 Å². The van der Waals surface area contributed by atoms with E-state index in [-0.39, 0.29) is 21.2 Å². The number of alkyl halides is 2. The van der Waals surface area contributed by atoms with Gasteiger partial charge in [0.1, 0.15) is 16.5 Å². The molecule has 0 amide bonds. The molecule has 0 fully saturated rings. The molecule has 0 saturated carbocycles. The molecule has 0 bridgehead atoms. The van der Waals surface area contributed by atoms with Crippen molar-refractivity contribution in [3.63, 3.8) is 0 Å².